The molecule has 3 nitrogen and oxygen atoms in total. The summed E-state index contributed by atoms with van der Waals surface area (Å²) < 4.78 is 5.00. The van der Waals surface area contributed by atoms with Gasteiger partial charge in [-0.05, 0) is 19.0 Å². The number of likely N-dealkylation sites (tertiary alicyclic amines) is 1. The molecule has 13 heavy (non-hydrogen) atoms. The number of nitrogens with zero attached hydrogens (tertiary/aromatic N) is 1. The van der Waals surface area contributed by atoms with Gasteiger partial charge in [-0.15, -0.1) is 11.6 Å². The highest BCUT2D eigenvalue weighted by Crippen LogP contribution is 2.15. The van der Waals surface area contributed by atoms with Crippen LogP contribution in [0.3, 0.4) is 0 Å². The van der Waals surface area contributed by atoms with Gasteiger partial charge >= 0.3 is 5.97 Å². The summed E-state index contributed by atoms with van der Waals surface area (Å²) in [6.45, 7) is 4.86. The molecule has 1 aliphatic rings. The summed E-state index contributed by atoms with van der Waals surface area (Å²) >= 11 is 5.49. The number of rotatable bonds is 4. The fraction of sp³-hybridized carbons (Fsp3) is 0.667. The van der Waals surface area contributed by atoms with Gasteiger partial charge < -0.3 is 4.74 Å². The largest absolute Gasteiger partial charge is 0.460 e. The molecule has 0 aliphatic carbocycles. The molecule has 0 bridgehead atoms. The smallest absolute Gasteiger partial charge is 0.323 e. The first-order chi connectivity index (χ1) is 6.15. The van der Waals surface area contributed by atoms with Gasteiger partial charge in [0.2, 0.25) is 0 Å². The number of esters is 1. The lowest BCUT2D eigenvalue weighted by Gasteiger charge is -2.35. The predicted molar refractivity (Wildman–Crippen MR) is 51.9 cm³/mol. The lowest BCUT2D eigenvalue weighted by molar-refractivity contribution is -0.152. The minimum Gasteiger partial charge on any atom is -0.460 e. The maximum absolute atomic E-state index is 11.3. The number of likely N-dealkylation sites (N-methyl/N-ethyl adjacent to an activating group) is 1. The van der Waals surface area contributed by atoms with E-state index in [9.17, 15) is 4.79 Å². The SMILES string of the molecule is C=C(CCl)COC(=O)C1CCN1C. The average molecular weight is 204 g/mol. The maximum Gasteiger partial charge on any atom is 0.323 e. The summed E-state index contributed by atoms with van der Waals surface area (Å²) in [5.74, 6) is 0.174. The summed E-state index contributed by atoms with van der Waals surface area (Å²) in [7, 11) is 1.91. The monoisotopic (exact) mass is 203 g/mol. The zero-order chi connectivity index (χ0) is 9.84. The summed E-state index contributed by atoms with van der Waals surface area (Å²) in [5.41, 5.74) is 0.733. The Labute approximate surface area is 83.3 Å². The van der Waals surface area contributed by atoms with Crippen LogP contribution < -0.4 is 0 Å². The highest BCUT2D eigenvalue weighted by molar-refractivity contribution is 6.19. The van der Waals surface area contributed by atoms with Crippen molar-refractivity contribution in [2.45, 2.75) is 12.5 Å². The third-order valence-corrected chi connectivity index (χ3v) is 2.54. The normalized spacial score (nSPS) is 22.2. The first-order valence-corrected chi connectivity index (χ1v) is 4.78. The first kappa shape index (κ1) is 10.5. The Kier molecular flexibility index (Phi) is 3.75. The van der Waals surface area contributed by atoms with Crippen LogP contribution in [0.2, 0.25) is 0 Å². The fourth-order valence-corrected chi connectivity index (χ4v) is 1.20. The van der Waals surface area contributed by atoms with Gasteiger partial charge in [-0.2, -0.15) is 0 Å². The summed E-state index contributed by atoms with van der Waals surface area (Å²) in [6.07, 6.45) is 0.892. The maximum atomic E-state index is 11.3. The molecule has 1 heterocycles. The van der Waals surface area contributed by atoms with Crippen molar-refractivity contribution >= 4 is 17.6 Å². The molecule has 0 saturated carbocycles. The van der Waals surface area contributed by atoms with Crippen molar-refractivity contribution in [2.24, 2.45) is 0 Å². The van der Waals surface area contributed by atoms with Crippen molar-refractivity contribution < 1.29 is 9.53 Å². The van der Waals surface area contributed by atoms with Gasteiger partial charge in [0.1, 0.15) is 12.6 Å². The van der Waals surface area contributed by atoms with Gasteiger partial charge in [0.05, 0.1) is 0 Å². The molecule has 0 spiro atoms. The van der Waals surface area contributed by atoms with E-state index in [1.165, 1.54) is 0 Å². The van der Waals surface area contributed by atoms with E-state index >= 15 is 0 Å². The van der Waals surface area contributed by atoms with Crippen molar-refractivity contribution in [3.63, 3.8) is 0 Å². The highest BCUT2D eigenvalue weighted by atomic mass is 35.5. The van der Waals surface area contributed by atoms with Crippen molar-refractivity contribution in [2.75, 3.05) is 26.1 Å². The highest BCUT2D eigenvalue weighted by Gasteiger charge is 2.32. The number of hydrogen-bond acceptors (Lipinski definition) is 3. The van der Waals surface area contributed by atoms with Gasteiger partial charge in [0.25, 0.3) is 0 Å². The molecular formula is C9H14ClNO2. The quantitative estimate of drug-likeness (QED) is 0.388. The zero-order valence-electron chi connectivity index (χ0n) is 7.75. The second kappa shape index (κ2) is 4.63. The van der Waals surface area contributed by atoms with Crippen molar-refractivity contribution in [1.82, 2.24) is 4.90 Å². The van der Waals surface area contributed by atoms with E-state index in [1.54, 1.807) is 0 Å². The van der Waals surface area contributed by atoms with E-state index in [-0.39, 0.29) is 18.6 Å². The van der Waals surface area contributed by atoms with Crippen LogP contribution in [0.5, 0.6) is 0 Å². The Morgan fingerprint density at radius 1 is 1.77 bits per heavy atom. The molecule has 0 aromatic heterocycles. The Morgan fingerprint density at radius 2 is 2.46 bits per heavy atom. The number of carbonyl (C=O) groups excluding carboxylic acids is 1. The molecule has 74 valence electrons. The molecule has 1 fully saturated rings. The van der Waals surface area contributed by atoms with Crippen LogP contribution in [0.1, 0.15) is 6.42 Å². The molecule has 0 radical (unpaired) electrons. The molecule has 1 atom stereocenters. The molecule has 0 N–H and O–H groups in total. The van der Waals surface area contributed by atoms with E-state index in [2.05, 4.69) is 6.58 Å². The molecule has 0 aromatic carbocycles. The van der Waals surface area contributed by atoms with Crippen LogP contribution in [0.4, 0.5) is 0 Å². The molecule has 0 amide bonds. The summed E-state index contributed by atoms with van der Waals surface area (Å²) in [6, 6.07) is -0.0527. The van der Waals surface area contributed by atoms with Crippen LogP contribution in [0, 0.1) is 0 Å². The molecule has 0 aromatic rings. The Bertz CT molecular complexity index is 218. The van der Waals surface area contributed by atoms with E-state index in [0.717, 1.165) is 18.5 Å². The van der Waals surface area contributed by atoms with E-state index in [1.807, 2.05) is 11.9 Å². The van der Waals surface area contributed by atoms with Gasteiger partial charge in [0.15, 0.2) is 0 Å². The first-order valence-electron chi connectivity index (χ1n) is 4.24. The number of hydrogen-bond donors (Lipinski definition) is 0. The number of alkyl halides is 1. The fourth-order valence-electron chi connectivity index (χ4n) is 1.12. The number of carbonyl (C=O) groups is 1. The Morgan fingerprint density at radius 3 is 2.85 bits per heavy atom. The van der Waals surface area contributed by atoms with Crippen LogP contribution >= 0.6 is 11.6 Å². The second-order valence-electron chi connectivity index (χ2n) is 3.28. The minimum atomic E-state index is -0.167. The Hall–Kier alpha value is -0.540. The number of halogens is 1. The third-order valence-electron chi connectivity index (χ3n) is 2.17. The van der Waals surface area contributed by atoms with Crippen LogP contribution in [0.25, 0.3) is 0 Å². The van der Waals surface area contributed by atoms with E-state index < -0.39 is 0 Å². The lowest BCUT2D eigenvalue weighted by atomic mass is 10.1. The van der Waals surface area contributed by atoms with E-state index in [0.29, 0.717) is 5.88 Å². The van der Waals surface area contributed by atoms with Crippen LogP contribution in [-0.2, 0) is 9.53 Å². The molecule has 1 saturated heterocycles. The average Bonchev–Trinajstić information content (AvgIpc) is 2.11. The van der Waals surface area contributed by atoms with Gasteiger partial charge in [-0.1, -0.05) is 6.58 Å². The second-order valence-corrected chi connectivity index (χ2v) is 3.54. The summed E-state index contributed by atoms with van der Waals surface area (Å²) in [5, 5.41) is 0. The molecule has 1 unspecified atom stereocenters. The van der Waals surface area contributed by atoms with Crippen LogP contribution in [-0.4, -0.2) is 43.0 Å². The van der Waals surface area contributed by atoms with Crippen LogP contribution in [0.15, 0.2) is 12.2 Å². The van der Waals surface area contributed by atoms with E-state index in [4.69, 9.17) is 16.3 Å². The summed E-state index contributed by atoms with van der Waals surface area (Å²) in [4.78, 5) is 13.3. The molecular weight excluding hydrogens is 190 g/mol. The van der Waals surface area contributed by atoms with Gasteiger partial charge in [-0.3, -0.25) is 9.69 Å². The topological polar surface area (TPSA) is 29.5 Å². The minimum absolute atomic E-state index is 0.0527. The van der Waals surface area contributed by atoms with Crippen molar-refractivity contribution in [1.29, 1.82) is 0 Å². The Balaban J connectivity index is 2.21. The van der Waals surface area contributed by atoms with Gasteiger partial charge in [-0.25, -0.2) is 0 Å². The van der Waals surface area contributed by atoms with Crippen molar-refractivity contribution in [3.05, 3.63) is 12.2 Å². The lowest BCUT2D eigenvalue weighted by Crippen LogP contribution is -2.50. The molecule has 1 rings (SSSR count). The van der Waals surface area contributed by atoms with Crippen molar-refractivity contribution in [3.8, 4) is 0 Å². The zero-order valence-corrected chi connectivity index (χ0v) is 8.51. The van der Waals surface area contributed by atoms with Gasteiger partial charge in [0, 0.05) is 12.4 Å². The molecule has 1 aliphatic heterocycles. The molecule has 4 heteroatoms. The standard InChI is InChI=1S/C9H14ClNO2/c1-7(5-10)6-13-9(12)8-3-4-11(8)2/h8H,1,3-6H2,2H3. The predicted octanol–water partition coefficient (Wildman–Crippen LogP) is 1.03. The third kappa shape index (κ3) is 2.71. The number of ether oxygens (including phenoxy) is 1.